The lowest BCUT2D eigenvalue weighted by Gasteiger charge is -2.11. The Balaban J connectivity index is 2.09. The van der Waals surface area contributed by atoms with E-state index in [1.165, 1.54) is 0 Å². The Bertz CT molecular complexity index is 266. The molecule has 90 valence electrons. The van der Waals surface area contributed by atoms with Gasteiger partial charge in [-0.05, 0) is 12.0 Å². The molecule has 0 radical (unpaired) electrons. The fourth-order valence-electron chi connectivity index (χ4n) is 1.40. The third-order valence-electron chi connectivity index (χ3n) is 2.26. The molecule has 1 atom stereocenters. The number of halogens is 1. The van der Waals surface area contributed by atoms with Crippen LogP contribution in [0.15, 0.2) is 30.3 Å². The Labute approximate surface area is 103 Å². The summed E-state index contributed by atoms with van der Waals surface area (Å²) < 4.78 is 5.36. The molecule has 1 unspecified atom stereocenters. The summed E-state index contributed by atoms with van der Waals surface area (Å²) in [6.07, 6.45) is 1.07. The highest BCUT2D eigenvalue weighted by atomic mass is 35.5. The normalized spacial score (nSPS) is 12.6. The van der Waals surface area contributed by atoms with Crippen molar-refractivity contribution < 1.29 is 4.74 Å². The van der Waals surface area contributed by atoms with Gasteiger partial charge in [0.15, 0.2) is 0 Å². The molecule has 16 heavy (non-hydrogen) atoms. The van der Waals surface area contributed by atoms with Crippen LogP contribution in [0.5, 0.6) is 0 Å². The first-order chi connectivity index (χ1) is 7.84. The smallest absolute Gasteiger partial charge is 0.0709 e. The lowest BCUT2D eigenvalue weighted by atomic mass is 10.1. The average molecular weight is 242 g/mol. The van der Waals surface area contributed by atoms with Crippen molar-refractivity contribution in [1.29, 1.82) is 0 Å². The number of hydrogen-bond donors (Lipinski definition) is 1. The molecule has 0 aliphatic rings. The fourth-order valence-corrected chi connectivity index (χ4v) is 1.65. The van der Waals surface area contributed by atoms with Crippen molar-refractivity contribution in [2.24, 2.45) is 0 Å². The van der Waals surface area contributed by atoms with Crippen LogP contribution in [0.3, 0.4) is 0 Å². The molecule has 3 heteroatoms. The maximum absolute atomic E-state index is 6.24. The van der Waals surface area contributed by atoms with Crippen LogP contribution in [0, 0.1) is 0 Å². The minimum absolute atomic E-state index is 0.0346. The number of hydrogen-bond acceptors (Lipinski definition) is 2. The quantitative estimate of drug-likeness (QED) is 0.558. The standard InChI is InChI=1S/C13H20ClNO/c1-2-9-16-10-8-15-11-13(14)12-6-4-3-5-7-12/h3-7,13,15H,2,8-11H2,1H3. The Kier molecular flexibility index (Phi) is 7.23. The molecule has 0 heterocycles. The Morgan fingerprint density at radius 2 is 2.00 bits per heavy atom. The second kappa shape index (κ2) is 8.57. The van der Waals surface area contributed by atoms with Crippen LogP contribution >= 0.6 is 11.6 Å². The van der Waals surface area contributed by atoms with Crippen LogP contribution < -0.4 is 5.32 Å². The van der Waals surface area contributed by atoms with Gasteiger partial charge in [-0.1, -0.05) is 37.3 Å². The number of alkyl halides is 1. The van der Waals surface area contributed by atoms with Gasteiger partial charge < -0.3 is 10.1 Å². The highest BCUT2D eigenvalue weighted by molar-refractivity contribution is 6.21. The molecule has 0 aromatic heterocycles. The van der Waals surface area contributed by atoms with Crippen LogP contribution in [0.25, 0.3) is 0 Å². The second-order valence-corrected chi connectivity index (χ2v) is 4.22. The van der Waals surface area contributed by atoms with E-state index in [1.54, 1.807) is 0 Å². The molecule has 0 bridgehead atoms. The summed E-state index contributed by atoms with van der Waals surface area (Å²) >= 11 is 6.24. The zero-order chi connectivity index (χ0) is 11.6. The number of rotatable bonds is 8. The van der Waals surface area contributed by atoms with Gasteiger partial charge in [-0.3, -0.25) is 0 Å². The summed E-state index contributed by atoms with van der Waals surface area (Å²) in [6, 6.07) is 10.1. The van der Waals surface area contributed by atoms with Crippen molar-refractivity contribution in [2.75, 3.05) is 26.3 Å². The Morgan fingerprint density at radius 1 is 1.25 bits per heavy atom. The number of benzene rings is 1. The molecule has 1 N–H and O–H groups in total. The maximum atomic E-state index is 6.24. The monoisotopic (exact) mass is 241 g/mol. The van der Waals surface area contributed by atoms with Gasteiger partial charge in [-0.2, -0.15) is 0 Å². The Hall–Kier alpha value is -0.570. The van der Waals surface area contributed by atoms with Gasteiger partial charge in [0.05, 0.1) is 12.0 Å². The lowest BCUT2D eigenvalue weighted by molar-refractivity contribution is 0.136. The topological polar surface area (TPSA) is 21.3 Å². The summed E-state index contributed by atoms with van der Waals surface area (Å²) in [5.41, 5.74) is 1.16. The van der Waals surface area contributed by atoms with E-state index < -0.39 is 0 Å². The molecule has 1 aromatic carbocycles. The van der Waals surface area contributed by atoms with Gasteiger partial charge >= 0.3 is 0 Å². The molecule has 0 fully saturated rings. The first kappa shape index (κ1) is 13.5. The number of ether oxygens (including phenoxy) is 1. The van der Waals surface area contributed by atoms with Gasteiger partial charge in [0.2, 0.25) is 0 Å². The first-order valence-electron chi connectivity index (χ1n) is 5.82. The predicted octanol–water partition coefficient (Wildman–Crippen LogP) is 2.98. The van der Waals surface area contributed by atoms with Crippen LogP contribution in [-0.2, 0) is 4.74 Å². The van der Waals surface area contributed by atoms with Gasteiger partial charge in [-0.15, -0.1) is 11.6 Å². The molecule has 1 aromatic rings. The summed E-state index contributed by atoms with van der Waals surface area (Å²) in [5, 5.41) is 3.32. The lowest BCUT2D eigenvalue weighted by Crippen LogP contribution is -2.23. The zero-order valence-electron chi connectivity index (χ0n) is 9.79. The highest BCUT2D eigenvalue weighted by Gasteiger charge is 2.05. The largest absolute Gasteiger partial charge is 0.380 e. The molecule has 0 saturated carbocycles. The minimum atomic E-state index is 0.0346. The van der Waals surface area contributed by atoms with Crippen molar-refractivity contribution in [3.05, 3.63) is 35.9 Å². The molecule has 0 amide bonds. The van der Waals surface area contributed by atoms with E-state index in [0.29, 0.717) is 0 Å². The molecule has 0 spiro atoms. The average Bonchev–Trinajstić information content (AvgIpc) is 2.34. The molecule has 0 saturated heterocycles. The van der Waals surface area contributed by atoms with Crippen LogP contribution in [-0.4, -0.2) is 26.3 Å². The molecular formula is C13H20ClNO. The predicted molar refractivity (Wildman–Crippen MR) is 69.0 cm³/mol. The summed E-state index contributed by atoms with van der Waals surface area (Å²) in [6.45, 7) is 5.34. The SMILES string of the molecule is CCCOCCNCC(Cl)c1ccccc1. The van der Waals surface area contributed by atoms with Gasteiger partial charge in [0.25, 0.3) is 0 Å². The summed E-state index contributed by atoms with van der Waals surface area (Å²) in [7, 11) is 0. The molecule has 2 nitrogen and oxygen atoms in total. The molecule has 0 aliphatic carbocycles. The van der Waals surface area contributed by atoms with E-state index >= 15 is 0 Å². The van der Waals surface area contributed by atoms with E-state index in [9.17, 15) is 0 Å². The zero-order valence-corrected chi connectivity index (χ0v) is 10.5. The van der Waals surface area contributed by atoms with Crippen LogP contribution in [0.4, 0.5) is 0 Å². The van der Waals surface area contributed by atoms with E-state index in [1.807, 2.05) is 30.3 Å². The summed E-state index contributed by atoms with van der Waals surface area (Å²) in [4.78, 5) is 0. The van der Waals surface area contributed by atoms with Gasteiger partial charge in [-0.25, -0.2) is 0 Å². The van der Waals surface area contributed by atoms with E-state index in [0.717, 1.165) is 38.3 Å². The van der Waals surface area contributed by atoms with Crippen LogP contribution in [0.1, 0.15) is 24.3 Å². The van der Waals surface area contributed by atoms with E-state index in [2.05, 4.69) is 12.2 Å². The van der Waals surface area contributed by atoms with E-state index in [-0.39, 0.29) is 5.38 Å². The van der Waals surface area contributed by atoms with Crippen molar-refractivity contribution in [1.82, 2.24) is 5.32 Å². The third-order valence-corrected chi connectivity index (χ3v) is 2.66. The first-order valence-corrected chi connectivity index (χ1v) is 6.25. The van der Waals surface area contributed by atoms with Crippen LogP contribution in [0.2, 0.25) is 0 Å². The van der Waals surface area contributed by atoms with Crippen molar-refractivity contribution in [3.63, 3.8) is 0 Å². The van der Waals surface area contributed by atoms with Crippen molar-refractivity contribution >= 4 is 11.6 Å². The molecule has 1 rings (SSSR count). The molecular weight excluding hydrogens is 222 g/mol. The van der Waals surface area contributed by atoms with Gasteiger partial charge in [0, 0.05) is 19.7 Å². The summed E-state index contributed by atoms with van der Waals surface area (Å²) in [5.74, 6) is 0. The van der Waals surface area contributed by atoms with Crippen molar-refractivity contribution in [3.8, 4) is 0 Å². The third kappa shape index (κ3) is 5.50. The fraction of sp³-hybridized carbons (Fsp3) is 0.538. The van der Waals surface area contributed by atoms with E-state index in [4.69, 9.17) is 16.3 Å². The number of nitrogens with one attached hydrogen (secondary N) is 1. The van der Waals surface area contributed by atoms with Crippen molar-refractivity contribution in [2.45, 2.75) is 18.7 Å². The second-order valence-electron chi connectivity index (χ2n) is 3.69. The highest BCUT2D eigenvalue weighted by Crippen LogP contribution is 2.18. The Morgan fingerprint density at radius 3 is 2.69 bits per heavy atom. The van der Waals surface area contributed by atoms with Gasteiger partial charge in [0.1, 0.15) is 0 Å². The minimum Gasteiger partial charge on any atom is -0.380 e. The molecule has 0 aliphatic heterocycles. The maximum Gasteiger partial charge on any atom is 0.0709 e.